The fraction of sp³-hybridized carbons (Fsp3) is 0.636. The Morgan fingerprint density at radius 3 is 2.53 bits per heavy atom. The molecule has 8 nitrogen and oxygen atoms in total. The Balaban J connectivity index is 1.38. The lowest BCUT2D eigenvalue weighted by Gasteiger charge is -2.46. The van der Waals surface area contributed by atoms with Crippen LogP contribution >= 0.6 is 0 Å². The predicted octanol–water partition coefficient (Wildman–Crippen LogP) is 0.641. The van der Waals surface area contributed by atoms with E-state index in [1.54, 1.807) is 6.07 Å². The summed E-state index contributed by atoms with van der Waals surface area (Å²) in [5, 5.41) is 26.0. The minimum Gasteiger partial charge on any atom is -0.379 e. The van der Waals surface area contributed by atoms with Gasteiger partial charge in [0.25, 0.3) is 11.8 Å². The van der Waals surface area contributed by atoms with Crippen LogP contribution in [-0.4, -0.2) is 71.6 Å². The molecule has 0 radical (unpaired) electrons. The van der Waals surface area contributed by atoms with E-state index in [2.05, 4.69) is 15.5 Å². The van der Waals surface area contributed by atoms with E-state index < -0.39 is 18.5 Å². The second-order valence-corrected chi connectivity index (χ2v) is 9.26. The number of aliphatic hydroxyl groups is 2. The van der Waals surface area contributed by atoms with E-state index in [4.69, 9.17) is 0 Å². The normalized spacial score (nSPS) is 31.3. The van der Waals surface area contributed by atoms with Gasteiger partial charge in [-0.3, -0.25) is 19.8 Å². The second kappa shape index (κ2) is 7.60. The Morgan fingerprint density at radius 2 is 1.77 bits per heavy atom. The van der Waals surface area contributed by atoms with Crippen LogP contribution in [0.15, 0.2) is 18.2 Å². The first-order valence-electron chi connectivity index (χ1n) is 11.1. The molecule has 162 valence electrons. The maximum Gasteiger partial charge on any atom is 0.262 e. The summed E-state index contributed by atoms with van der Waals surface area (Å²) in [6.07, 6.45) is 3.55. The lowest BCUT2D eigenvalue weighted by Crippen LogP contribution is -2.58. The summed E-state index contributed by atoms with van der Waals surface area (Å²) in [6, 6.07) is 4.89. The summed E-state index contributed by atoms with van der Waals surface area (Å²) in [5.41, 5.74) is 2.15. The van der Waals surface area contributed by atoms with Gasteiger partial charge in [0.05, 0.1) is 17.2 Å². The molecule has 0 aromatic heterocycles. The average Bonchev–Trinajstić information content (AvgIpc) is 2.99. The third-order valence-corrected chi connectivity index (χ3v) is 7.39. The molecule has 8 heteroatoms. The molecule has 0 saturated carbocycles. The van der Waals surface area contributed by atoms with Crippen molar-refractivity contribution in [3.8, 4) is 0 Å². The monoisotopic (exact) mass is 414 g/mol. The van der Waals surface area contributed by atoms with Crippen LogP contribution < -0.4 is 15.5 Å². The number of amides is 2. The number of anilines is 1. The second-order valence-electron chi connectivity index (χ2n) is 9.26. The minimum absolute atomic E-state index is 0.340. The molecule has 3 fully saturated rings. The zero-order valence-electron chi connectivity index (χ0n) is 17.1. The van der Waals surface area contributed by atoms with Crippen LogP contribution in [0.3, 0.4) is 0 Å². The van der Waals surface area contributed by atoms with Crippen molar-refractivity contribution in [2.75, 3.05) is 31.1 Å². The summed E-state index contributed by atoms with van der Waals surface area (Å²) in [6.45, 7) is 4.07. The van der Waals surface area contributed by atoms with Gasteiger partial charge in [-0.1, -0.05) is 0 Å². The molecule has 4 heterocycles. The molecule has 0 bridgehead atoms. The third kappa shape index (κ3) is 3.32. The van der Waals surface area contributed by atoms with E-state index in [0.29, 0.717) is 29.4 Å². The van der Waals surface area contributed by atoms with E-state index in [0.717, 1.165) is 38.3 Å². The predicted molar refractivity (Wildman–Crippen MR) is 111 cm³/mol. The standard InChI is InChI=1S/C22H30N4O4/c27-18-5-4-17(19(28)24-18)26-20(29)15-3-2-14(12-16(15)21(26)30)25-11-1-6-22(13-25)7-9-23-10-8-22/h2-3,12,17-19,23-24,27-28H,1,4-11,13H2. The summed E-state index contributed by atoms with van der Waals surface area (Å²) >= 11 is 0. The molecule has 4 N–H and O–H groups in total. The Bertz CT molecular complexity index is 848. The maximum atomic E-state index is 13.1. The quantitative estimate of drug-likeness (QED) is 0.527. The highest BCUT2D eigenvalue weighted by Gasteiger charge is 2.45. The van der Waals surface area contributed by atoms with Crippen LogP contribution in [0.1, 0.15) is 59.2 Å². The zero-order valence-corrected chi connectivity index (χ0v) is 17.1. The Hall–Kier alpha value is -2.00. The number of hydrogen-bond donors (Lipinski definition) is 4. The number of piperidine rings is 3. The Morgan fingerprint density at radius 1 is 1.00 bits per heavy atom. The molecule has 30 heavy (non-hydrogen) atoms. The van der Waals surface area contributed by atoms with Crippen molar-refractivity contribution in [2.45, 2.75) is 57.0 Å². The first-order valence-corrected chi connectivity index (χ1v) is 11.1. The molecule has 3 unspecified atom stereocenters. The van der Waals surface area contributed by atoms with E-state index in [1.807, 2.05) is 12.1 Å². The minimum atomic E-state index is -1.13. The van der Waals surface area contributed by atoms with Gasteiger partial charge in [0.1, 0.15) is 12.5 Å². The highest BCUT2D eigenvalue weighted by molar-refractivity contribution is 6.22. The van der Waals surface area contributed by atoms with Crippen molar-refractivity contribution in [3.63, 3.8) is 0 Å². The van der Waals surface area contributed by atoms with Crippen molar-refractivity contribution in [1.29, 1.82) is 0 Å². The number of carbonyl (C=O) groups excluding carboxylic acids is 2. The molecule has 4 aliphatic heterocycles. The smallest absolute Gasteiger partial charge is 0.262 e. The number of nitrogens with zero attached hydrogens (tertiary/aromatic N) is 2. The van der Waals surface area contributed by atoms with Gasteiger partial charge < -0.3 is 20.4 Å². The molecule has 2 amide bonds. The fourth-order valence-corrected chi connectivity index (χ4v) is 5.69. The van der Waals surface area contributed by atoms with Crippen LogP contribution in [0.5, 0.6) is 0 Å². The Labute approximate surface area is 176 Å². The van der Waals surface area contributed by atoms with Crippen molar-refractivity contribution < 1.29 is 19.8 Å². The molecule has 3 atom stereocenters. The molecular weight excluding hydrogens is 384 g/mol. The molecule has 5 rings (SSSR count). The first kappa shape index (κ1) is 19.9. The molecule has 1 aromatic rings. The van der Waals surface area contributed by atoms with Crippen molar-refractivity contribution in [3.05, 3.63) is 29.3 Å². The maximum absolute atomic E-state index is 13.1. The molecule has 1 spiro atoms. The summed E-state index contributed by atoms with van der Waals surface area (Å²) in [5.74, 6) is -0.718. The van der Waals surface area contributed by atoms with Gasteiger partial charge in [0, 0.05) is 18.8 Å². The third-order valence-electron chi connectivity index (χ3n) is 7.39. The Kier molecular flexibility index (Phi) is 5.05. The molecule has 3 saturated heterocycles. The molecule has 4 aliphatic rings. The van der Waals surface area contributed by atoms with Crippen LogP contribution in [0.25, 0.3) is 0 Å². The zero-order chi connectivity index (χ0) is 20.9. The molecule has 1 aromatic carbocycles. The van der Waals surface area contributed by atoms with Crippen LogP contribution in [0.2, 0.25) is 0 Å². The molecule has 0 aliphatic carbocycles. The fourth-order valence-electron chi connectivity index (χ4n) is 5.69. The van der Waals surface area contributed by atoms with Gasteiger partial charge in [0.15, 0.2) is 0 Å². The van der Waals surface area contributed by atoms with Gasteiger partial charge in [-0.2, -0.15) is 0 Å². The topological polar surface area (TPSA) is 105 Å². The van der Waals surface area contributed by atoms with Gasteiger partial charge in [-0.05, 0) is 75.2 Å². The van der Waals surface area contributed by atoms with Crippen molar-refractivity contribution >= 4 is 17.5 Å². The van der Waals surface area contributed by atoms with E-state index in [-0.39, 0.29) is 11.8 Å². The van der Waals surface area contributed by atoms with E-state index in [9.17, 15) is 19.8 Å². The number of nitrogens with one attached hydrogen (secondary N) is 2. The number of rotatable bonds is 2. The summed E-state index contributed by atoms with van der Waals surface area (Å²) in [7, 11) is 0. The van der Waals surface area contributed by atoms with Crippen LogP contribution in [0.4, 0.5) is 5.69 Å². The average molecular weight is 415 g/mol. The van der Waals surface area contributed by atoms with Gasteiger partial charge >= 0.3 is 0 Å². The SMILES string of the molecule is O=C1c2ccc(N3CCCC4(CCNCC4)C3)cc2C(=O)N1C1CCC(O)NC1O. The van der Waals surface area contributed by atoms with Gasteiger partial charge in [0.2, 0.25) is 0 Å². The summed E-state index contributed by atoms with van der Waals surface area (Å²) in [4.78, 5) is 29.6. The number of imide groups is 1. The van der Waals surface area contributed by atoms with Crippen molar-refractivity contribution in [1.82, 2.24) is 15.5 Å². The highest BCUT2D eigenvalue weighted by Crippen LogP contribution is 2.40. The number of hydrogen-bond acceptors (Lipinski definition) is 7. The largest absolute Gasteiger partial charge is 0.379 e. The molecular formula is C22H30N4O4. The van der Waals surface area contributed by atoms with Crippen molar-refractivity contribution in [2.24, 2.45) is 5.41 Å². The number of fused-ring (bicyclic) bond motifs is 1. The number of aliphatic hydroxyl groups excluding tert-OH is 2. The van der Waals surface area contributed by atoms with Gasteiger partial charge in [-0.25, -0.2) is 0 Å². The van der Waals surface area contributed by atoms with E-state index in [1.165, 1.54) is 24.2 Å². The lowest BCUT2D eigenvalue weighted by atomic mass is 9.73. The number of carbonyl (C=O) groups is 2. The lowest BCUT2D eigenvalue weighted by molar-refractivity contribution is -0.0413. The van der Waals surface area contributed by atoms with E-state index >= 15 is 0 Å². The number of benzene rings is 1. The highest BCUT2D eigenvalue weighted by atomic mass is 16.3. The van der Waals surface area contributed by atoms with Crippen LogP contribution in [-0.2, 0) is 0 Å². The van der Waals surface area contributed by atoms with Crippen LogP contribution in [0, 0.1) is 5.41 Å². The van der Waals surface area contributed by atoms with Gasteiger partial charge in [-0.15, -0.1) is 0 Å². The first-order chi connectivity index (χ1) is 14.5. The summed E-state index contributed by atoms with van der Waals surface area (Å²) < 4.78 is 0.